The van der Waals surface area contributed by atoms with Gasteiger partial charge in [0.05, 0.1) is 49.8 Å². The van der Waals surface area contributed by atoms with Gasteiger partial charge in [-0.1, -0.05) is 54.7 Å². The van der Waals surface area contributed by atoms with E-state index in [-0.39, 0.29) is 17.7 Å². The highest BCUT2D eigenvalue weighted by Crippen LogP contribution is 2.40. The van der Waals surface area contributed by atoms with Gasteiger partial charge in [-0.3, -0.25) is 5.32 Å². The Labute approximate surface area is 446 Å². The van der Waals surface area contributed by atoms with Gasteiger partial charge in [0.2, 0.25) is 17.7 Å². The number of aromatic nitrogens is 11. The predicted molar refractivity (Wildman–Crippen MR) is 294 cm³/mol. The van der Waals surface area contributed by atoms with E-state index >= 15 is 0 Å². The molecular weight excluding hydrogens is 1000 g/mol. The van der Waals surface area contributed by atoms with E-state index in [2.05, 4.69) is 80.8 Å². The standard InChI is InChI=1S/C20H28N4O3S.C17H16N6O.C16H15N7O2/c1-20(2)6-8-24(9-7-20)19(25)22-18-21-16-15(26-3)5-4-14(17(16)28-18)23-10-12-27-13-11-23;1-10-8-12(5-6-13(10)18)9-23-17-16(21-22-23)15(19-11(2)20-17)14-4-3-7-24-14;17-14-20-15(18-8-7-10-3-5-11(24)6-4-10)21-16-19-13(22-23(14)16)12-2-1-9-25-12/h4-5H,6-13H2,1-3H3,(H,21,22,25);3-8H,9,18H2,1-2H3;1-6,9,24H,7-8H2,(H3,17,18,19,20,21,22). The number of nitrogen functional groups attached to an aromatic ring is 2. The van der Waals surface area contributed by atoms with Crippen LogP contribution in [0.25, 0.3) is 50.2 Å². The molecule has 2 saturated heterocycles. The molecule has 3 aromatic carbocycles. The van der Waals surface area contributed by atoms with E-state index in [1.54, 1.807) is 48.6 Å². The van der Waals surface area contributed by atoms with Gasteiger partial charge in [-0.2, -0.15) is 19.5 Å². The number of urea groups is 1. The first-order valence-corrected chi connectivity index (χ1v) is 25.9. The average molecular weight is 1060 g/mol. The average Bonchev–Trinajstić information content (AvgIpc) is 4.31. The second-order valence-corrected chi connectivity index (χ2v) is 20.2. The summed E-state index contributed by atoms with van der Waals surface area (Å²) in [4.78, 5) is 43.4. The molecule has 2 aliphatic rings. The van der Waals surface area contributed by atoms with E-state index in [0.29, 0.717) is 75.4 Å². The lowest BCUT2D eigenvalue weighted by Gasteiger charge is -2.36. The topological polar surface area (TPSA) is 290 Å². The van der Waals surface area contributed by atoms with Crippen LogP contribution in [0.15, 0.2) is 100 Å². The number of fused-ring (bicyclic) bond motifs is 3. The molecule has 0 atom stereocenters. The number of hydrogen-bond donors (Lipinski definition) is 5. The number of piperidine rings is 1. The van der Waals surface area contributed by atoms with Gasteiger partial charge < -0.3 is 50.0 Å². The number of likely N-dealkylation sites (tertiary alicyclic amines) is 1. The molecular formula is C53H59N17O6S. The van der Waals surface area contributed by atoms with E-state index in [0.717, 1.165) is 103 Å². The molecule has 0 unspecified atom stereocenters. The molecule has 10 aromatic rings. The third kappa shape index (κ3) is 12.0. The number of carbonyl (C=O) groups excluding carboxylic acids is 1. The number of aryl methyl sites for hydroxylation is 2. The Bertz CT molecular complexity index is 3620. The number of methoxy groups -OCH3 is 1. The number of carbonyl (C=O) groups is 1. The van der Waals surface area contributed by atoms with Crippen molar-refractivity contribution in [2.24, 2.45) is 5.41 Å². The first-order valence-electron chi connectivity index (χ1n) is 25.1. The summed E-state index contributed by atoms with van der Waals surface area (Å²) in [6, 6.07) is 24.1. The molecule has 0 radical (unpaired) electrons. The van der Waals surface area contributed by atoms with Gasteiger partial charge in [0.25, 0.3) is 5.78 Å². The molecule has 9 heterocycles. The van der Waals surface area contributed by atoms with E-state index in [1.165, 1.54) is 15.9 Å². The molecule has 2 fully saturated rings. The van der Waals surface area contributed by atoms with Crippen molar-refractivity contribution in [3.05, 3.63) is 114 Å². The molecule has 24 heteroatoms. The number of rotatable bonds is 11. The lowest BCUT2D eigenvalue weighted by atomic mass is 9.83. The number of ether oxygens (including phenoxy) is 2. The van der Waals surface area contributed by atoms with Crippen LogP contribution in [0, 0.1) is 19.3 Å². The first-order chi connectivity index (χ1) is 37.3. The van der Waals surface area contributed by atoms with Gasteiger partial charge >= 0.3 is 6.03 Å². The Balaban J connectivity index is 0.000000131. The Morgan fingerprint density at radius 1 is 0.844 bits per heavy atom. The smallest absolute Gasteiger partial charge is 0.323 e. The maximum atomic E-state index is 12.7. The number of nitrogens with zero attached hydrogens (tertiary/aromatic N) is 13. The van der Waals surface area contributed by atoms with Crippen molar-refractivity contribution in [2.45, 2.75) is 53.5 Å². The molecule has 2 amide bonds. The number of phenols is 1. The van der Waals surface area contributed by atoms with E-state index in [1.807, 2.05) is 67.3 Å². The predicted octanol–water partition coefficient (Wildman–Crippen LogP) is 8.25. The van der Waals surface area contributed by atoms with Gasteiger partial charge in [-0.25, -0.2) is 24.4 Å². The SMILES string of the molecule is COc1ccc(N2CCOCC2)c2sc(NC(=O)N3CCC(C)(C)CC3)nc12.Cc1nc(-c2ccco2)c2nnn(Cc3ccc(N)c(C)c3)c2n1.Nc1nc(NCCc2ccc(O)cc2)nc2nc(-c3ccco3)nn12. The van der Waals surface area contributed by atoms with Crippen LogP contribution in [0.4, 0.5) is 33.2 Å². The normalized spacial score (nSPS) is 14.2. The summed E-state index contributed by atoms with van der Waals surface area (Å²) in [5.74, 6) is 4.10. The Kier molecular flexibility index (Phi) is 15.1. The number of furan rings is 2. The van der Waals surface area contributed by atoms with Crippen molar-refractivity contribution < 1.29 is 28.2 Å². The molecule has 12 rings (SSSR count). The van der Waals surface area contributed by atoms with Gasteiger partial charge in [-0.15, -0.1) is 10.2 Å². The van der Waals surface area contributed by atoms with Crippen LogP contribution in [-0.2, 0) is 17.7 Å². The number of nitrogens with two attached hydrogens (primary N) is 2. The minimum Gasteiger partial charge on any atom is -0.508 e. The lowest BCUT2D eigenvalue weighted by Crippen LogP contribution is -2.43. The number of benzene rings is 3. The Morgan fingerprint density at radius 2 is 1.58 bits per heavy atom. The number of anilines is 5. The largest absolute Gasteiger partial charge is 0.508 e. The molecule has 7 N–H and O–H groups in total. The van der Waals surface area contributed by atoms with Crippen LogP contribution in [0.3, 0.4) is 0 Å². The van der Waals surface area contributed by atoms with Crippen molar-refractivity contribution in [2.75, 3.05) is 80.0 Å². The maximum Gasteiger partial charge on any atom is 0.323 e. The molecule has 0 aliphatic carbocycles. The number of hydrogen-bond acceptors (Lipinski definition) is 20. The van der Waals surface area contributed by atoms with Gasteiger partial charge in [0.15, 0.2) is 27.8 Å². The van der Waals surface area contributed by atoms with Gasteiger partial charge in [-0.05, 0) is 110 Å². The van der Waals surface area contributed by atoms with Crippen LogP contribution < -0.4 is 31.7 Å². The van der Waals surface area contributed by atoms with Crippen LogP contribution in [0.2, 0.25) is 0 Å². The molecule has 77 heavy (non-hydrogen) atoms. The maximum absolute atomic E-state index is 12.7. The fourth-order valence-electron chi connectivity index (χ4n) is 8.77. The van der Waals surface area contributed by atoms with Crippen LogP contribution in [0.5, 0.6) is 11.5 Å². The van der Waals surface area contributed by atoms with Gasteiger partial charge in [0, 0.05) is 38.4 Å². The highest BCUT2D eigenvalue weighted by Gasteiger charge is 2.29. The number of phenolic OH excluding ortho intramolecular Hbond substituents is 1. The highest BCUT2D eigenvalue weighted by atomic mass is 32.1. The summed E-state index contributed by atoms with van der Waals surface area (Å²) in [6.07, 6.45) is 5.95. The van der Waals surface area contributed by atoms with Crippen molar-refractivity contribution >= 4 is 72.9 Å². The fourth-order valence-corrected chi connectivity index (χ4v) is 9.78. The second kappa shape index (κ2) is 22.5. The molecule has 398 valence electrons. The van der Waals surface area contributed by atoms with Crippen LogP contribution in [-0.4, -0.2) is 124 Å². The summed E-state index contributed by atoms with van der Waals surface area (Å²) < 4.78 is 25.9. The Hall–Kier alpha value is -8.90. The summed E-state index contributed by atoms with van der Waals surface area (Å²) in [6.45, 7) is 14.2. The first kappa shape index (κ1) is 51.6. The summed E-state index contributed by atoms with van der Waals surface area (Å²) in [5.41, 5.74) is 20.0. The lowest BCUT2D eigenvalue weighted by molar-refractivity contribution is 0.123. The molecule has 0 spiro atoms. The molecule has 0 bridgehead atoms. The van der Waals surface area contributed by atoms with E-state index < -0.39 is 0 Å². The van der Waals surface area contributed by atoms with Crippen molar-refractivity contribution in [1.29, 1.82) is 0 Å². The third-order valence-electron chi connectivity index (χ3n) is 13.2. The van der Waals surface area contributed by atoms with E-state index in [9.17, 15) is 9.90 Å². The fraction of sp³-hybridized carbons (Fsp3) is 0.321. The molecule has 7 aromatic heterocycles. The van der Waals surface area contributed by atoms with Gasteiger partial charge in [0.1, 0.15) is 28.5 Å². The monoisotopic (exact) mass is 1060 g/mol. The zero-order valence-electron chi connectivity index (χ0n) is 43.3. The van der Waals surface area contributed by atoms with Crippen molar-refractivity contribution in [3.63, 3.8) is 0 Å². The van der Waals surface area contributed by atoms with Crippen LogP contribution in [0.1, 0.15) is 49.2 Å². The highest BCUT2D eigenvalue weighted by molar-refractivity contribution is 7.23. The summed E-state index contributed by atoms with van der Waals surface area (Å²) in [7, 11) is 1.65. The minimum atomic E-state index is -0.0681. The van der Waals surface area contributed by atoms with E-state index in [4.69, 9.17) is 29.8 Å². The zero-order chi connectivity index (χ0) is 53.6. The van der Waals surface area contributed by atoms with Crippen LogP contribution >= 0.6 is 11.3 Å². The number of morpholine rings is 1. The summed E-state index contributed by atoms with van der Waals surface area (Å²) >= 11 is 1.51. The number of nitrogens with one attached hydrogen (secondary N) is 2. The Morgan fingerprint density at radius 3 is 2.30 bits per heavy atom. The molecule has 2 aliphatic heterocycles. The molecule has 23 nitrogen and oxygen atoms in total. The zero-order valence-corrected chi connectivity index (χ0v) is 44.1. The van der Waals surface area contributed by atoms with Crippen molar-refractivity contribution in [3.8, 4) is 34.5 Å². The number of thiazole rings is 1. The molecule has 0 saturated carbocycles. The van der Waals surface area contributed by atoms with Crippen molar-refractivity contribution in [1.82, 2.24) is 59.4 Å². The summed E-state index contributed by atoms with van der Waals surface area (Å²) in [5, 5.41) is 28.8. The quantitative estimate of drug-likeness (QED) is 0.0762. The minimum absolute atomic E-state index is 0.0681. The number of aromatic hydroxyl groups is 1. The number of amides is 2. The second-order valence-electron chi connectivity index (χ2n) is 19.2. The third-order valence-corrected chi connectivity index (χ3v) is 14.2.